The summed E-state index contributed by atoms with van der Waals surface area (Å²) in [5.41, 5.74) is 1.93. The number of carbonyl (C=O) groups is 2. The zero-order valence-corrected chi connectivity index (χ0v) is 17.4. The zero-order chi connectivity index (χ0) is 21.6. The predicted octanol–water partition coefficient (Wildman–Crippen LogP) is 2.74. The second-order valence-electron chi connectivity index (χ2n) is 6.26. The summed E-state index contributed by atoms with van der Waals surface area (Å²) in [6, 6.07) is 11.4. The van der Waals surface area contributed by atoms with Gasteiger partial charge >= 0.3 is 5.97 Å². The summed E-state index contributed by atoms with van der Waals surface area (Å²) < 4.78 is 36.6. The van der Waals surface area contributed by atoms with Crippen LogP contribution in [0.5, 0.6) is 5.75 Å². The van der Waals surface area contributed by atoms with Crippen molar-refractivity contribution < 1.29 is 27.5 Å². The van der Waals surface area contributed by atoms with Crippen molar-refractivity contribution in [1.29, 1.82) is 0 Å². The fourth-order valence-corrected chi connectivity index (χ4v) is 3.43. The lowest BCUT2D eigenvalue weighted by Gasteiger charge is -2.11. The molecule has 0 aliphatic rings. The van der Waals surface area contributed by atoms with Gasteiger partial charge in [0.25, 0.3) is 0 Å². The molecule has 1 atom stereocenters. The van der Waals surface area contributed by atoms with Gasteiger partial charge in [-0.3, -0.25) is 4.79 Å². The van der Waals surface area contributed by atoms with Gasteiger partial charge < -0.3 is 9.47 Å². The molecule has 0 saturated carbocycles. The average molecular weight is 417 g/mol. The van der Waals surface area contributed by atoms with Crippen molar-refractivity contribution in [2.75, 3.05) is 14.2 Å². The number of aryl methyl sites for hydroxylation is 1. The van der Waals surface area contributed by atoms with Gasteiger partial charge in [0, 0.05) is 11.6 Å². The minimum absolute atomic E-state index is 0.0547. The predicted molar refractivity (Wildman–Crippen MR) is 109 cm³/mol. The quantitative estimate of drug-likeness (QED) is 0.403. The Bertz CT molecular complexity index is 1030. The summed E-state index contributed by atoms with van der Waals surface area (Å²) in [5.74, 6) is -0.846. The fourth-order valence-electron chi connectivity index (χ4n) is 2.50. The van der Waals surface area contributed by atoms with Crippen molar-refractivity contribution in [2.24, 2.45) is 0 Å². The standard InChI is InChI=1S/C21H23NO6S/c1-14-5-9-17(10-6-14)21(24)15(2)28-20(23)12-8-16-7-11-18(27-4)19(13-16)29(25,26)22-3/h5-13,15,22H,1-4H3/b12-8+/t15-/m0/s1. The zero-order valence-electron chi connectivity index (χ0n) is 16.6. The van der Waals surface area contributed by atoms with Crippen LogP contribution in [0.4, 0.5) is 0 Å². The first-order chi connectivity index (χ1) is 13.7. The van der Waals surface area contributed by atoms with Crippen molar-refractivity contribution in [1.82, 2.24) is 4.72 Å². The van der Waals surface area contributed by atoms with Crippen LogP contribution >= 0.6 is 0 Å². The van der Waals surface area contributed by atoms with Gasteiger partial charge in [-0.15, -0.1) is 0 Å². The summed E-state index contributed by atoms with van der Waals surface area (Å²) in [6.07, 6.45) is 1.58. The lowest BCUT2D eigenvalue weighted by molar-refractivity contribution is -0.140. The third-order valence-corrected chi connectivity index (χ3v) is 5.59. The first-order valence-corrected chi connectivity index (χ1v) is 10.3. The van der Waals surface area contributed by atoms with Crippen LogP contribution in [0.25, 0.3) is 6.08 Å². The number of Topliss-reactive ketones (excluding diaryl/α,β-unsaturated/α-hetero) is 1. The van der Waals surface area contributed by atoms with Gasteiger partial charge in [0.1, 0.15) is 10.6 Å². The fraction of sp³-hybridized carbons (Fsp3) is 0.238. The lowest BCUT2D eigenvalue weighted by atomic mass is 10.1. The van der Waals surface area contributed by atoms with Crippen LogP contribution in [0.3, 0.4) is 0 Å². The van der Waals surface area contributed by atoms with Crippen molar-refractivity contribution >= 4 is 27.9 Å². The van der Waals surface area contributed by atoms with E-state index in [4.69, 9.17) is 9.47 Å². The van der Waals surface area contributed by atoms with Gasteiger partial charge in [0.05, 0.1) is 7.11 Å². The molecule has 0 radical (unpaired) electrons. The van der Waals surface area contributed by atoms with E-state index in [-0.39, 0.29) is 16.4 Å². The third kappa shape index (κ3) is 5.75. The second-order valence-corrected chi connectivity index (χ2v) is 8.12. The van der Waals surface area contributed by atoms with E-state index < -0.39 is 22.1 Å². The summed E-state index contributed by atoms with van der Waals surface area (Å²) in [7, 11) is -1.08. The monoisotopic (exact) mass is 417 g/mol. The normalized spacial score (nSPS) is 12.6. The maximum atomic E-state index is 12.3. The maximum absolute atomic E-state index is 12.3. The molecule has 0 fully saturated rings. The molecule has 154 valence electrons. The summed E-state index contributed by atoms with van der Waals surface area (Å²) in [4.78, 5) is 24.3. The van der Waals surface area contributed by atoms with Crippen LogP contribution in [-0.4, -0.2) is 40.4 Å². The molecule has 0 saturated heterocycles. The molecule has 0 spiro atoms. The Labute approximate surface area is 170 Å². The molecular weight excluding hydrogens is 394 g/mol. The number of hydrogen-bond acceptors (Lipinski definition) is 6. The number of rotatable bonds is 8. The molecule has 0 aliphatic carbocycles. The Morgan fingerprint density at radius 2 is 1.76 bits per heavy atom. The molecule has 0 aromatic heterocycles. The van der Waals surface area contributed by atoms with E-state index in [1.165, 1.54) is 39.3 Å². The number of ether oxygens (including phenoxy) is 2. The second kappa shape index (κ2) is 9.49. The topological polar surface area (TPSA) is 98.8 Å². The Balaban J connectivity index is 2.11. The van der Waals surface area contributed by atoms with Crippen LogP contribution in [0.15, 0.2) is 53.4 Å². The van der Waals surface area contributed by atoms with E-state index in [2.05, 4.69) is 4.72 Å². The van der Waals surface area contributed by atoms with E-state index >= 15 is 0 Å². The molecule has 2 aromatic carbocycles. The van der Waals surface area contributed by atoms with Gasteiger partial charge in [0.15, 0.2) is 6.10 Å². The van der Waals surface area contributed by atoms with Gasteiger partial charge in [0.2, 0.25) is 15.8 Å². The number of benzene rings is 2. The molecule has 2 rings (SSSR count). The molecule has 7 nitrogen and oxygen atoms in total. The Hall–Kier alpha value is -2.97. The van der Waals surface area contributed by atoms with E-state index in [1.54, 1.807) is 18.2 Å². The molecular formula is C21H23NO6S. The third-order valence-electron chi connectivity index (χ3n) is 4.16. The number of sulfonamides is 1. The van der Waals surface area contributed by atoms with E-state index in [0.717, 1.165) is 11.6 Å². The molecule has 0 heterocycles. The van der Waals surface area contributed by atoms with Crippen molar-refractivity contribution in [2.45, 2.75) is 24.8 Å². The molecule has 0 bridgehead atoms. The summed E-state index contributed by atoms with van der Waals surface area (Å²) in [6.45, 7) is 3.41. The molecule has 0 aliphatic heterocycles. The largest absolute Gasteiger partial charge is 0.495 e. The molecule has 0 unspecified atom stereocenters. The van der Waals surface area contributed by atoms with Crippen LogP contribution in [0.2, 0.25) is 0 Å². The Morgan fingerprint density at radius 1 is 1.10 bits per heavy atom. The van der Waals surface area contributed by atoms with Crippen molar-refractivity contribution in [3.8, 4) is 5.75 Å². The van der Waals surface area contributed by atoms with Gasteiger partial charge in [-0.2, -0.15) is 0 Å². The molecule has 2 aromatic rings. The average Bonchev–Trinajstić information content (AvgIpc) is 2.72. The van der Waals surface area contributed by atoms with Crippen molar-refractivity contribution in [3.63, 3.8) is 0 Å². The first-order valence-electron chi connectivity index (χ1n) is 8.79. The minimum Gasteiger partial charge on any atom is -0.495 e. The van der Waals surface area contributed by atoms with E-state index in [0.29, 0.717) is 11.1 Å². The Morgan fingerprint density at radius 3 is 2.34 bits per heavy atom. The van der Waals surface area contributed by atoms with Gasteiger partial charge in [-0.05, 0) is 44.7 Å². The highest BCUT2D eigenvalue weighted by molar-refractivity contribution is 7.89. The maximum Gasteiger partial charge on any atom is 0.331 e. The van der Waals surface area contributed by atoms with Crippen LogP contribution in [0.1, 0.15) is 28.4 Å². The van der Waals surface area contributed by atoms with E-state index in [1.807, 2.05) is 19.1 Å². The SMILES string of the molecule is CNS(=O)(=O)c1cc(/C=C/C(=O)O[C@@H](C)C(=O)c2ccc(C)cc2)ccc1OC. The lowest BCUT2D eigenvalue weighted by Crippen LogP contribution is -2.23. The number of methoxy groups -OCH3 is 1. The van der Waals surface area contributed by atoms with Crippen LogP contribution in [0, 0.1) is 6.92 Å². The molecule has 8 heteroatoms. The summed E-state index contributed by atoms with van der Waals surface area (Å²) in [5, 5.41) is 0. The Kier molecular flexibility index (Phi) is 7.30. The number of nitrogens with one attached hydrogen (secondary N) is 1. The number of hydrogen-bond donors (Lipinski definition) is 1. The highest BCUT2D eigenvalue weighted by atomic mass is 32.2. The smallest absolute Gasteiger partial charge is 0.331 e. The van der Waals surface area contributed by atoms with Gasteiger partial charge in [-0.1, -0.05) is 35.9 Å². The number of ketones is 1. The van der Waals surface area contributed by atoms with Crippen LogP contribution < -0.4 is 9.46 Å². The molecule has 0 amide bonds. The highest BCUT2D eigenvalue weighted by Crippen LogP contribution is 2.25. The molecule has 29 heavy (non-hydrogen) atoms. The highest BCUT2D eigenvalue weighted by Gasteiger charge is 2.19. The minimum atomic E-state index is -3.74. The number of carbonyl (C=O) groups excluding carboxylic acids is 2. The van der Waals surface area contributed by atoms with Gasteiger partial charge in [-0.25, -0.2) is 17.9 Å². The van der Waals surface area contributed by atoms with E-state index in [9.17, 15) is 18.0 Å². The van der Waals surface area contributed by atoms with Crippen LogP contribution in [-0.2, 0) is 19.6 Å². The first kappa shape index (κ1) is 22.3. The molecule has 1 N–H and O–H groups in total. The van der Waals surface area contributed by atoms with Crippen molar-refractivity contribution in [3.05, 3.63) is 65.2 Å². The summed E-state index contributed by atoms with van der Waals surface area (Å²) >= 11 is 0. The number of esters is 1.